The topological polar surface area (TPSA) is 51.0 Å². The Morgan fingerprint density at radius 2 is 2.00 bits per heavy atom. The van der Waals surface area contributed by atoms with Crippen LogP contribution in [0.5, 0.6) is 0 Å². The molecule has 0 saturated heterocycles. The number of ether oxygens (including phenoxy) is 2. The normalized spacial score (nSPS) is 12.6. The summed E-state index contributed by atoms with van der Waals surface area (Å²) in [6.45, 7) is 1.70. The Hall–Kier alpha value is -0.610. The van der Waals surface area contributed by atoms with Crippen molar-refractivity contribution in [1.29, 1.82) is 0 Å². The van der Waals surface area contributed by atoms with Crippen LogP contribution >= 0.6 is 0 Å². The van der Waals surface area contributed by atoms with E-state index in [1.807, 2.05) is 0 Å². The molecule has 0 saturated carbocycles. The first-order chi connectivity index (χ1) is 4.74. The van der Waals surface area contributed by atoms with Crippen LogP contribution in [0.1, 0.15) is 13.3 Å². The predicted octanol–water partition coefficient (Wildman–Crippen LogP) is 0.845. The van der Waals surface area contributed by atoms with E-state index in [1.54, 1.807) is 21.1 Å². The zero-order valence-electron chi connectivity index (χ0n) is 6.50. The summed E-state index contributed by atoms with van der Waals surface area (Å²) in [5.74, 6) is 0. The largest absolute Gasteiger partial charge is 0.411 e. The zero-order valence-corrected chi connectivity index (χ0v) is 6.50. The Kier molecular flexibility index (Phi) is 4.88. The molecule has 0 unspecified atom stereocenters. The summed E-state index contributed by atoms with van der Waals surface area (Å²) in [6.07, 6.45) is 0.180. The highest BCUT2D eigenvalue weighted by molar-refractivity contribution is 5.81. The molecule has 0 amide bonds. The maximum atomic E-state index is 8.25. The Morgan fingerprint density at radius 3 is 2.30 bits per heavy atom. The van der Waals surface area contributed by atoms with E-state index in [9.17, 15) is 0 Å². The van der Waals surface area contributed by atoms with E-state index in [-0.39, 0.29) is 6.29 Å². The molecular weight excluding hydrogens is 134 g/mol. The fraction of sp³-hybridized carbons (Fsp3) is 0.833. The number of methoxy groups -OCH3 is 2. The highest BCUT2D eigenvalue weighted by Crippen LogP contribution is 1.98. The molecule has 0 bridgehead atoms. The van der Waals surface area contributed by atoms with Crippen LogP contribution < -0.4 is 0 Å². The highest BCUT2D eigenvalue weighted by atomic mass is 16.7. The molecule has 0 aliphatic rings. The van der Waals surface area contributed by atoms with Crippen molar-refractivity contribution in [2.24, 2.45) is 5.16 Å². The Bertz CT molecular complexity index is 110. The molecule has 0 aromatic heterocycles. The van der Waals surface area contributed by atoms with Gasteiger partial charge in [0.15, 0.2) is 6.29 Å². The zero-order chi connectivity index (χ0) is 7.98. The van der Waals surface area contributed by atoms with E-state index in [1.165, 1.54) is 0 Å². The molecular formula is C6H13NO3. The molecule has 0 spiro atoms. The number of nitrogens with zero attached hydrogens (tertiary/aromatic N) is 1. The van der Waals surface area contributed by atoms with Crippen LogP contribution in [0.25, 0.3) is 0 Å². The molecule has 0 aromatic rings. The van der Waals surface area contributed by atoms with Crippen molar-refractivity contribution in [2.75, 3.05) is 14.2 Å². The first-order valence-corrected chi connectivity index (χ1v) is 2.97. The van der Waals surface area contributed by atoms with Gasteiger partial charge in [-0.2, -0.15) is 0 Å². The van der Waals surface area contributed by atoms with Crippen LogP contribution in [-0.4, -0.2) is 31.4 Å². The van der Waals surface area contributed by atoms with Crippen molar-refractivity contribution in [2.45, 2.75) is 19.6 Å². The second-order valence-corrected chi connectivity index (χ2v) is 1.94. The predicted molar refractivity (Wildman–Crippen MR) is 37.3 cm³/mol. The summed E-state index contributed by atoms with van der Waals surface area (Å²) in [7, 11) is 3.08. The lowest BCUT2D eigenvalue weighted by Gasteiger charge is -2.11. The van der Waals surface area contributed by atoms with E-state index in [4.69, 9.17) is 14.7 Å². The maximum absolute atomic E-state index is 8.25. The van der Waals surface area contributed by atoms with Crippen LogP contribution in [0, 0.1) is 0 Å². The van der Waals surface area contributed by atoms with E-state index in [2.05, 4.69) is 5.16 Å². The first-order valence-electron chi connectivity index (χ1n) is 2.97. The van der Waals surface area contributed by atoms with E-state index in [0.717, 1.165) is 0 Å². The van der Waals surface area contributed by atoms with Crippen LogP contribution in [0.4, 0.5) is 0 Å². The van der Waals surface area contributed by atoms with Crippen LogP contribution in [0.3, 0.4) is 0 Å². The summed E-state index contributed by atoms with van der Waals surface area (Å²) in [5.41, 5.74) is 0.591. The molecule has 0 aliphatic carbocycles. The lowest BCUT2D eigenvalue weighted by Crippen LogP contribution is -2.16. The van der Waals surface area contributed by atoms with Crippen molar-refractivity contribution in [3.05, 3.63) is 0 Å². The summed E-state index contributed by atoms with van der Waals surface area (Å²) >= 11 is 0. The summed E-state index contributed by atoms with van der Waals surface area (Å²) < 4.78 is 9.72. The smallest absolute Gasteiger partial charge is 0.162 e. The van der Waals surface area contributed by atoms with Crippen molar-refractivity contribution in [1.82, 2.24) is 0 Å². The molecule has 4 heteroatoms. The standard InChI is InChI=1S/C6H13NO3/c1-5(7-8)4-6(9-2)10-3/h6,8H,4H2,1-3H3. The lowest BCUT2D eigenvalue weighted by molar-refractivity contribution is -0.0961. The third-order valence-corrected chi connectivity index (χ3v) is 1.16. The fourth-order valence-electron chi connectivity index (χ4n) is 0.545. The lowest BCUT2D eigenvalue weighted by atomic mass is 10.3. The molecule has 0 aliphatic heterocycles. The fourth-order valence-corrected chi connectivity index (χ4v) is 0.545. The van der Waals surface area contributed by atoms with Crippen molar-refractivity contribution >= 4 is 5.71 Å². The Morgan fingerprint density at radius 1 is 1.50 bits per heavy atom. The molecule has 0 rings (SSSR count). The van der Waals surface area contributed by atoms with Gasteiger partial charge in [0.2, 0.25) is 0 Å². The molecule has 1 N–H and O–H groups in total. The van der Waals surface area contributed by atoms with Gasteiger partial charge in [-0.05, 0) is 6.92 Å². The van der Waals surface area contributed by atoms with Gasteiger partial charge in [0.1, 0.15) is 0 Å². The van der Waals surface area contributed by atoms with Crippen molar-refractivity contribution < 1.29 is 14.7 Å². The van der Waals surface area contributed by atoms with Gasteiger partial charge in [-0.25, -0.2) is 0 Å². The van der Waals surface area contributed by atoms with Gasteiger partial charge in [-0.15, -0.1) is 0 Å². The maximum Gasteiger partial charge on any atom is 0.162 e. The number of rotatable bonds is 4. The van der Waals surface area contributed by atoms with Gasteiger partial charge in [0.05, 0.1) is 5.71 Å². The van der Waals surface area contributed by atoms with Gasteiger partial charge < -0.3 is 14.7 Å². The van der Waals surface area contributed by atoms with Crippen LogP contribution in [0.15, 0.2) is 5.16 Å². The molecule has 0 radical (unpaired) electrons. The summed E-state index contributed by atoms with van der Waals surface area (Å²) in [5, 5.41) is 11.2. The molecule has 60 valence electrons. The van der Waals surface area contributed by atoms with Gasteiger partial charge >= 0.3 is 0 Å². The Labute approximate surface area is 60.4 Å². The van der Waals surface area contributed by atoms with Crippen molar-refractivity contribution in [3.63, 3.8) is 0 Å². The molecule has 0 aromatic carbocycles. The van der Waals surface area contributed by atoms with Crippen LogP contribution in [-0.2, 0) is 9.47 Å². The molecule has 0 heterocycles. The van der Waals surface area contributed by atoms with Gasteiger partial charge in [0.25, 0.3) is 0 Å². The molecule has 10 heavy (non-hydrogen) atoms. The Balaban J connectivity index is 3.63. The van der Waals surface area contributed by atoms with Crippen molar-refractivity contribution in [3.8, 4) is 0 Å². The number of hydrogen-bond acceptors (Lipinski definition) is 4. The summed E-state index contributed by atoms with van der Waals surface area (Å²) in [4.78, 5) is 0. The SMILES string of the molecule is COC(CC(C)=NO)OC. The molecule has 4 nitrogen and oxygen atoms in total. The van der Waals surface area contributed by atoms with E-state index in [0.29, 0.717) is 12.1 Å². The number of hydrogen-bond donors (Lipinski definition) is 1. The van der Waals surface area contributed by atoms with Gasteiger partial charge in [0, 0.05) is 20.6 Å². The number of oxime groups is 1. The quantitative estimate of drug-likeness (QED) is 0.277. The second kappa shape index (κ2) is 5.20. The molecule has 0 atom stereocenters. The van der Waals surface area contributed by atoms with E-state index < -0.39 is 0 Å². The third kappa shape index (κ3) is 3.42. The third-order valence-electron chi connectivity index (χ3n) is 1.16. The molecule has 0 fully saturated rings. The van der Waals surface area contributed by atoms with E-state index >= 15 is 0 Å². The minimum absolute atomic E-state index is 0.309. The van der Waals surface area contributed by atoms with Gasteiger partial charge in [-0.1, -0.05) is 5.16 Å². The van der Waals surface area contributed by atoms with Crippen LogP contribution in [0.2, 0.25) is 0 Å². The second-order valence-electron chi connectivity index (χ2n) is 1.94. The summed E-state index contributed by atoms with van der Waals surface area (Å²) in [6, 6.07) is 0. The van der Waals surface area contributed by atoms with Gasteiger partial charge in [-0.3, -0.25) is 0 Å². The average Bonchev–Trinajstić information content (AvgIpc) is 1.99. The monoisotopic (exact) mass is 147 g/mol. The minimum atomic E-state index is -0.309. The average molecular weight is 147 g/mol. The highest BCUT2D eigenvalue weighted by Gasteiger charge is 2.05. The first kappa shape index (κ1) is 9.39. The minimum Gasteiger partial charge on any atom is -0.411 e.